The predicted molar refractivity (Wildman–Crippen MR) is 88.8 cm³/mol. The monoisotopic (exact) mass is 433 g/mol. The van der Waals surface area contributed by atoms with Crippen molar-refractivity contribution in [2.24, 2.45) is 0 Å². The molecule has 1 atom stereocenters. The minimum atomic E-state index is -0.235. The molecule has 19 heavy (non-hydrogen) atoms. The maximum absolute atomic E-state index is 13.3. The molecule has 0 radical (unpaired) electrons. The average molecular weight is 434 g/mol. The average Bonchev–Trinajstić information content (AvgIpc) is 2.41. The highest BCUT2D eigenvalue weighted by Crippen LogP contribution is 2.26. The Balaban J connectivity index is 2.38. The summed E-state index contributed by atoms with van der Waals surface area (Å²) in [5.74, 6) is -0.235. The Labute approximate surface area is 134 Å². The Morgan fingerprint density at radius 1 is 1.16 bits per heavy atom. The van der Waals surface area contributed by atoms with E-state index in [1.807, 2.05) is 12.1 Å². The number of halogens is 3. The fraction of sp³-hybridized carbons (Fsp3) is 0.200. The third kappa shape index (κ3) is 3.77. The first-order valence-corrected chi connectivity index (χ1v) is 7.92. The van der Waals surface area contributed by atoms with Gasteiger partial charge in [-0.2, -0.15) is 0 Å². The van der Waals surface area contributed by atoms with Crippen LogP contribution in [0.25, 0.3) is 0 Å². The van der Waals surface area contributed by atoms with Gasteiger partial charge in [0.15, 0.2) is 0 Å². The molecule has 0 aromatic heterocycles. The van der Waals surface area contributed by atoms with Gasteiger partial charge in [-0.05, 0) is 80.5 Å². The quantitative estimate of drug-likeness (QED) is 0.676. The van der Waals surface area contributed by atoms with Crippen LogP contribution >= 0.6 is 38.5 Å². The summed E-state index contributed by atoms with van der Waals surface area (Å²) in [7, 11) is 0. The Kier molecular flexibility index (Phi) is 5.36. The van der Waals surface area contributed by atoms with Crippen molar-refractivity contribution < 1.29 is 4.39 Å². The maximum Gasteiger partial charge on any atom is 0.137 e. The van der Waals surface area contributed by atoms with E-state index in [1.165, 1.54) is 15.2 Å². The van der Waals surface area contributed by atoms with Gasteiger partial charge in [0.2, 0.25) is 0 Å². The van der Waals surface area contributed by atoms with Gasteiger partial charge in [0.05, 0.1) is 10.5 Å². The third-order valence-corrected chi connectivity index (χ3v) is 4.22. The molecule has 2 aromatic rings. The zero-order valence-electron chi connectivity index (χ0n) is 10.5. The van der Waals surface area contributed by atoms with E-state index in [2.05, 4.69) is 75.0 Å². The lowest BCUT2D eigenvalue weighted by Crippen LogP contribution is -2.22. The maximum atomic E-state index is 13.3. The van der Waals surface area contributed by atoms with E-state index in [1.54, 1.807) is 0 Å². The second-order valence-corrected chi connectivity index (χ2v) is 6.32. The third-order valence-electron chi connectivity index (χ3n) is 2.89. The molecule has 0 aliphatic rings. The first-order chi connectivity index (χ1) is 9.11. The molecule has 0 bridgehead atoms. The van der Waals surface area contributed by atoms with E-state index in [0.29, 0.717) is 4.47 Å². The fourth-order valence-corrected chi connectivity index (χ4v) is 2.74. The van der Waals surface area contributed by atoms with Gasteiger partial charge in [0.1, 0.15) is 5.82 Å². The summed E-state index contributed by atoms with van der Waals surface area (Å²) in [4.78, 5) is 0. The van der Waals surface area contributed by atoms with Crippen LogP contribution in [0, 0.1) is 9.39 Å². The highest BCUT2D eigenvalue weighted by molar-refractivity contribution is 14.1. The Hall–Kier alpha value is -0.460. The molecule has 0 aliphatic carbocycles. The van der Waals surface area contributed by atoms with Gasteiger partial charge < -0.3 is 5.32 Å². The van der Waals surface area contributed by atoms with Crippen molar-refractivity contribution in [2.75, 3.05) is 6.54 Å². The first kappa shape index (κ1) is 14.9. The lowest BCUT2D eigenvalue weighted by molar-refractivity contribution is 0.608. The number of hydrogen-bond donors (Lipinski definition) is 1. The zero-order valence-corrected chi connectivity index (χ0v) is 14.2. The molecule has 4 heteroatoms. The molecular weight excluding hydrogens is 420 g/mol. The summed E-state index contributed by atoms with van der Waals surface area (Å²) in [5, 5.41) is 3.44. The normalized spacial score (nSPS) is 12.4. The lowest BCUT2D eigenvalue weighted by Gasteiger charge is -2.19. The Bertz CT molecular complexity index is 557. The van der Waals surface area contributed by atoms with E-state index >= 15 is 0 Å². The second kappa shape index (κ2) is 6.81. The molecule has 0 spiro atoms. The van der Waals surface area contributed by atoms with Crippen molar-refractivity contribution in [1.29, 1.82) is 0 Å². The molecule has 0 saturated carbocycles. The molecular formula is C15H14BrFIN. The van der Waals surface area contributed by atoms with Crippen LogP contribution in [0.4, 0.5) is 4.39 Å². The molecule has 0 heterocycles. The minimum Gasteiger partial charge on any atom is -0.307 e. The predicted octanol–water partition coefficient (Wildman–Crippen LogP) is 4.89. The van der Waals surface area contributed by atoms with Crippen LogP contribution in [0.1, 0.15) is 24.1 Å². The number of benzene rings is 2. The minimum absolute atomic E-state index is 0.0823. The first-order valence-electron chi connectivity index (χ1n) is 6.05. The number of nitrogens with one attached hydrogen (secondary N) is 1. The van der Waals surface area contributed by atoms with Crippen molar-refractivity contribution in [3.63, 3.8) is 0 Å². The lowest BCUT2D eigenvalue weighted by atomic mass is 9.99. The molecule has 0 aliphatic heterocycles. The van der Waals surface area contributed by atoms with Gasteiger partial charge in [-0.15, -0.1) is 0 Å². The summed E-state index contributed by atoms with van der Waals surface area (Å²) in [6.45, 7) is 2.92. The zero-order chi connectivity index (χ0) is 13.8. The van der Waals surface area contributed by atoms with Gasteiger partial charge in [0, 0.05) is 3.57 Å². The Morgan fingerprint density at radius 3 is 2.37 bits per heavy atom. The van der Waals surface area contributed by atoms with Gasteiger partial charge >= 0.3 is 0 Å². The fourth-order valence-electron chi connectivity index (χ4n) is 1.98. The smallest absolute Gasteiger partial charge is 0.137 e. The van der Waals surface area contributed by atoms with Crippen LogP contribution in [0.3, 0.4) is 0 Å². The van der Waals surface area contributed by atoms with Crippen molar-refractivity contribution in [3.8, 4) is 0 Å². The van der Waals surface area contributed by atoms with E-state index in [-0.39, 0.29) is 11.9 Å². The topological polar surface area (TPSA) is 12.0 Å². The molecule has 0 fully saturated rings. The summed E-state index contributed by atoms with van der Waals surface area (Å²) in [6.07, 6.45) is 0. The molecule has 1 nitrogen and oxygen atoms in total. The van der Waals surface area contributed by atoms with Crippen LogP contribution < -0.4 is 5.32 Å². The van der Waals surface area contributed by atoms with Crippen molar-refractivity contribution in [3.05, 3.63) is 67.5 Å². The van der Waals surface area contributed by atoms with E-state index in [9.17, 15) is 4.39 Å². The molecule has 2 aromatic carbocycles. The molecule has 0 saturated heterocycles. The second-order valence-electron chi connectivity index (χ2n) is 4.22. The van der Waals surface area contributed by atoms with Crippen LogP contribution in [-0.2, 0) is 0 Å². The standard InChI is InChI=1S/C15H14BrFIN/c1-2-19-15(10-3-6-12(18)7-4-10)11-5-8-14(17)13(16)9-11/h3-9,15,19H,2H2,1H3. The van der Waals surface area contributed by atoms with Crippen molar-refractivity contribution in [2.45, 2.75) is 13.0 Å². The van der Waals surface area contributed by atoms with Gasteiger partial charge in [-0.25, -0.2) is 4.39 Å². The van der Waals surface area contributed by atoms with Crippen LogP contribution in [0.5, 0.6) is 0 Å². The van der Waals surface area contributed by atoms with Gasteiger partial charge in [-0.3, -0.25) is 0 Å². The Morgan fingerprint density at radius 2 is 1.79 bits per heavy atom. The summed E-state index contributed by atoms with van der Waals surface area (Å²) < 4.78 is 15.0. The largest absolute Gasteiger partial charge is 0.307 e. The van der Waals surface area contributed by atoms with Gasteiger partial charge in [-0.1, -0.05) is 25.1 Å². The van der Waals surface area contributed by atoms with Crippen LogP contribution in [-0.4, -0.2) is 6.54 Å². The van der Waals surface area contributed by atoms with E-state index < -0.39 is 0 Å². The van der Waals surface area contributed by atoms with Crippen LogP contribution in [0.15, 0.2) is 46.9 Å². The van der Waals surface area contributed by atoms with Crippen molar-refractivity contribution >= 4 is 38.5 Å². The molecule has 1 N–H and O–H groups in total. The molecule has 100 valence electrons. The highest BCUT2D eigenvalue weighted by Gasteiger charge is 2.14. The summed E-state index contributed by atoms with van der Waals surface area (Å²) in [5.41, 5.74) is 2.23. The number of hydrogen-bond acceptors (Lipinski definition) is 1. The van der Waals surface area contributed by atoms with Crippen LogP contribution in [0.2, 0.25) is 0 Å². The number of rotatable bonds is 4. The van der Waals surface area contributed by atoms with E-state index in [0.717, 1.165) is 12.1 Å². The summed E-state index contributed by atoms with van der Waals surface area (Å²) in [6, 6.07) is 13.6. The molecule has 2 rings (SSSR count). The summed E-state index contributed by atoms with van der Waals surface area (Å²) >= 11 is 5.53. The van der Waals surface area contributed by atoms with Crippen molar-refractivity contribution in [1.82, 2.24) is 5.32 Å². The molecule has 0 amide bonds. The molecule has 1 unspecified atom stereocenters. The van der Waals surface area contributed by atoms with E-state index in [4.69, 9.17) is 0 Å². The SMILES string of the molecule is CCNC(c1ccc(I)cc1)c1ccc(F)c(Br)c1. The highest BCUT2D eigenvalue weighted by atomic mass is 127. The van der Waals surface area contributed by atoms with Gasteiger partial charge in [0.25, 0.3) is 0 Å².